The monoisotopic (exact) mass is 340 g/mol. The second kappa shape index (κ2) is 6.82. The number of ether oxygens (including phenoxy) is 1. The van der Waals surface area contributed by atoms with E-state index >= 15 is 0 Å². The summed E-state index contributed by atoms with van der Waals surface area (Å²) in [7, 11) is 0. The van der Waals surface area contributed by atoms with Crippen LogP contribution in [0.4, 0.5) is 0 Å². The summed E-state index contributed by atoms with van der Waals surface area (Å²) in [5.74, 6) is 0. The van der Waals surface area contributed by atoms with E-state index in [4.69, 9.17) is 16.3 Å². The van der Waals surface area contributed by atoms with Gasteiger partial charge in [0, 0.05) is 33.9 Å². The van der Waals surface area contributed by atoms with Gasteiger partial charge in [-0.25, -0.2) is 0 Å². The standard InChI is InChI=1S/C18H13ClN2OS/c1-12-4-5-14(7-17(12)19)16-11-23-18(15(16)8-20)22-10-13-3-2-6-21-9-13/h2-7,9,11H,10H2,1H3. The first-order valence-electron chi connectivity index (χ1n) is 6.99. The van der Waals surface area contributed by atoms with Gasteiger partial charge in [-0.2, -0.15) is 5.26 Å². The van der Waals surface area contributed by atoms with E-state index in [1.807, 2.05) is 42.6 Å². The number of nitrogens with zero attached hydrogens (tertiary/aromatic N) is 2. The molecule has 114 valence electrons. The maximum Gasteiger partial charge on any atom is 0.192 e. The molecule has 2 aromatic heterocycles. The quantitative estimate of drug-likeness (QED) is 0.653. The lowest BCUT2D eigenvalue weighted by atomic mass is 10.0. The van der Waals surface area contributed by atoms with Crippen molar-refractivity contribution < 1.29 is 4.74 Å². The highest BCUT2D eigenvalue weighted by Crippen LogP contribution is 2.38. The van der Waals surface area contributed by atoms with Crippen molar-refractivity contribution in [2.24, 2.45) is 0 Å². The lowest BCUT2D eigenvalue weighted by Gasteiger charge is -2.05. The van der Waals surface area contributed by atoms with E-state index in [1.165, 1.54) is 11.3 Å². The van der Waals surface area contributed by atoms with E-state index in [9.17, 15) is 5.26 Å². The minimum Gasteiger partial charge on any atom is -0.478 e. The molecule has 0 aliphatic carbocycles. The zero-order valence-electron chi connectivity index (χ0n) is 12.4. The Balaban J connectivity index is 1.88. The number of hydrogen-bond acceptors (Lipinski definition) is 4. The van der Waals surface area contributed by atoms with E-state index in [2.05, 4.69) is 11.1 Å². The van der Waals surface area contributed by atoms with Crippen LogP contribution in [0.15, 0.2) is 48.1 Å². The summed E-state index contributed by atoms with van der Waals surface area (Å²) in [6.45, 7) is 2.34. The Kier molecular flexibility index (Phi) is 4.61. The van der Waals surface area contributed by atoms with Gasteiger partial charge in [0.15, 0.2) is 5.06 Å². The largest absolute Gasteiger partial charge is 0.478 e. The third-order valence-corrected chi connectivity index (χ3v) is 4.74. The van der Waals surface area contributed by atoms with E-state index in [0.717, 1.165) is 22.3 Å². The maximum atomic E-state index is 9.50. The summed E-state index contributed by atoms with van der Waals surface area (Å²) < 4.78 is 5.79. The molecule has 0 atom stereocenters. The van der Waals surface area contributed by atoms with Crippen molar-refractivity contribution in [1.29, 1.82) is 5.26 Å². The first-order chi connectivity index (χ1) is 11.2. The predicted molar refractivity (Wildman–Crippen MR) is 92.8 cm³/mol. The highest BCUT2D eigenvalue weighted by Gasteiger charge is 2.15. The molecule has 3 nitrogen and oxygen atoms in total. The molecule has 0 spiro atoms. The SMILES string of the molecule is Cc1ccc(-c2csc(OCc3cccnc3)c2C#N)cc1Cl. The number of hydrogen-bond donors (Lipinski definition) is 0. The van der Waals surface area contributed by atoms with Crippen LogP contribution >= 0.6 is 22.9 Å². The van der Waals surface area contributed by atoms with Crippen LogP contribution in [-0.2, 0) is 6.61 Å². The van der Waals surface area contributed by atoms with Gasteiger partial charge in [-0.3, -0.25) is 4.98 Å². The number of aromatic nitrogens is 1. The molecule has 1 aromatic carbocycles. The van der Waals surface area contributed by atoms with Crippen LogP contribution in [0.1, 0.15) is 16.7 Å². The van der Waals surface area contributed by atoms with Gasteiger partial charge < -0.3 is 4.74 Å². The summed E-state index contributed by atoms with van der Waals surface area (Å²) in [6, 6.07) is 11.8. The average Bonchev–Trinajstić information content (AvgIpc) is 2.99. The topological polar surface area (TPSA) is 45.9 Å². The molecule has 0 aliphatic heterocycles. The molecule has 0 saturated carbocycles. The Morgan fingerprint density at radius 2 is 2.22 bits per heavy atom. The van der Waals surface area contributed by atoms with Gasteiger partial charge in [-0.15, -0.1) is 11.3 Å². The summed E-state index contributed by atoms with van der Waals surface area (Å²) in [6.07, 6.45) is 3.47. The minimum absolute atomic E-state index is 0.386. The van der Waals surface area contributed by atoms with Crippen LogP contribution in [0.5, 0.6) is 5.06 Å². The predicted octanol–water partition coefficient (Wildman–Crippen LogP) is 5.22. The molecule has 0 saturated heterocycles. The van der Waals surface area contributed by atoms with E-state index in [1.54, 1.807) is 12.4 Å². The minimum atomic E-state index is 0.386. The summed E-state index contributed by atoms with van der Waals surface area (Å²) in [5, 5.41) is 12.7. The molecule has 0 aliphatic rings. The molecule has 0 radical (unpaired) electrons. The smallest absolute Gasteiger partial charge is 0.192 e. The van der Waals surface area contributed by atoms with Crippen LogP contribution in [0.3, 0.4) is 0 Å². The lowest BCUT2D eigenvalue weighted by Crippen LogP contribution is -1.95. The lowest BCUT2D eigenvalue weighted by molar-refractivity contribution is 0.314. The van der Waals surface area contributed by atoms with E-state index in [0.29, 0.717) is 22.3 Å². The summed E-state index contributed by atoms with van der Waals surface area (Å²) in [4.78, 5) is 4.05. The highest BCUT2D eigenvalue weighted by atomic mass is 35.5. The van der Waals surface area contributed by atoms with Gasteiger partial charge in [0.2, 0.25) is 0 Å². The fourth-order valence-electron chi connectivity index (χ4n) is 2.16. The molecule has 23 heavy (non-hydrogen) atoms. The second-order valence-corrected chi connectivity index (χ2v) is 6.29. The Morgan fingerprint density at radius 1 is 1.35 bits per heavy atom. The molecule has 0 bridgehead atoms. The molecule has 0 amide bonds. The molecule has 5 heteroatoms. The van der Waals surface area contributed by atoms with Crippen LogP contribution in [0.25, 0.3) is 11.1 Å². The molecule has 2 heterocycles. The maximum absolute atomic E-state index is 9.50. The van der Waals surface area contributed by atoms with Crippen molar-refractivity contribution in [2.45, 2.75) is 13.5 Å². The van der Waals surface area contributed by atoms with E-state index < -0.39 is 0 Å². The van der Waals surface area contributed by atoms with Crippen molar-refractivity contribution in [1.82, 2.24) is 4.98 Å². The number of halogens is 1. The zero-order chi connectivity index (χ0) is 16.2. The summed E-state index contributed by atoms with van der Waals surface area (Å²) >= 11 is 7.61. The van der Waals surface area contributed by atoms with Crippen molar-refractivity contribution in [3.05, 3.63) is 69.8 Å². The van der Waals surface area contributed by atoms with Crippen LogP contribution in [0, 0.1) is 18.3 Å². The third kappa shape index (κ3) is 3.37. The molecule has 0 N–H and O–H groups in total. The fourth-order valence-corrected chi connectivity index (χ4v) is 3.22. The Morgan fingerprint density at radius 3 is 2.91 bits per heavy atom. The number of thiophene rings is 1. The number of benzene rings is 1. The molecular weight excluding hydrogens is 328 g/mol. The van der Waals surface area contributed by atoms with Crippen molar-refractivity contribution >= 4 is 22.9 Å². The molecule has 0 unspecified atom stereocenters. The normalized spacial score (nSPS) is 10.3. The Hall–Kier alpha value is -2.35. The van der Waals surface area contributed by atoms with Gasteiger partial charge in [-0.1, -0.05) is 29.8 Å². The van der Waals surface area contributed by atoms with Crippen molar-refractivity contribution in [3.8, 4) is 22.3 Å². The zero-order valence-corrected chi connectivity index (χ0v) is 14.0. The van der Waals surface area contributed by atoms with Gasteiger partial charge >= 0.3 is 0 Å². The highest BCUT2D eigenvalue weighted by molar-refractivity contribution is 7.12. The fraction of sp³-hybridized carbons (Fsp3) is 0.111. The number of pyridine rings is 1. The van der Waals surface area contributed by atoms with Crippen molar-refractivity contribution in [3.63, 3.8) is 0 Å². The average molecular weight is 341 g/mol. The molecule has 0 fully saturated rings. The third-order valence-electron chi connectivity index (χ3n) is 3.44. The molecule has 3 aromatic rings. The van der Waals surface area contributed by atoms with Crippen molar-refractivity contribution in [2.75, 3.05) is 0 Å². The number of rotatable bonds is 4. The van der Waals surface area contributed by atoms with E-state index in [-0.39, 0.29) is 0 Å². The van der Waals surface area contributed by atoms with Crippen LogP contribution in [-0.4, -0.2) is 4.98 Å². The molecular formula is C18H13ClN2OS. The Labute approximate surface area is 143 Å². The van der Waals surface area contributed by atoms with Gasteiger partial charge in [0.05, 0.1) is 0 Å². The summed E-state index contributed by atoms with van der Waals surface area (Å²) in [5.41, 5.74) is 4.28. The number of aryl methyl sites for hydroxylation is 1. The van der Waals surface area contributed by atoms with Gasteiger partial charge in [0.25, 0.3) is 0 Å². The van der Waals surface area contributed by atoms with Crippen LogP contribution in [0.2, 0.25) is 5.02 Å². The number of nitriles is 1. The van der Waals surface area contributed by atoms with Crippen LogP contribution < -0.4 is 4.74 Å². The molecule has 3 rings (SSSR count). The Bertz CT molecular complexity index is 868. The van der Waals surface area contributed by atoms with Gasteiger partial charge in [0.1, 0.15) is 18.2 Å². The second-order valence-electron chi connectivity index (χ2n) is 5.04. The van der Waals surface area contributed by atoms with Gasteiger partial charge in [-0.05, 0) is 30.2 Å². The first kappa shape index (κ1) is 15.5. The first-order valence-corrected chi connectivity index (χ1v) is 8.24.